The first-order valence-electron chi connectivity index (χ1n) is 5.53. The Hall–Kier alpha value is -0.920. The molecule has 1 aliphatic rings. The molecule has 104 valence electrons. The van der Waals surface area contributed by atoms with Gasteiger partial charge < -0.3 is 5.32 Å². The van der Waals surface area contributed by atoms with Crippen LogP contribution in [-0.2, 0) is 14.6 Å². The summed E-state index contributed by atoms with van der Waals surface area (Å²) in [4.78, 5) is 19.2. The molecule has 1 aliphatic heterocycles. The Morgan fingerprint density at radius 2 is 2.16 bits per heavy atom. The molecule has 2 rings (SSSR count). The van der Waals surface area contributed by atoms with Crippen LogP contribution in [0.1, 0.15) is 12.8 Å². The summed E-state index contributed by atoms with van der Waals surface area (Å²) in [6.45, 7) is 0. The quantitative estimate of drug-likeness (QED) is 0.852. The highest BCUT2D eigenvalue weighted by Crippen LogP contribution is 2.26. The number of aromatic nitrogens is 2. The van der Waals surface area contributed by atoms with Crippen molar-refractivity contribution in [1.82, 2.24) is 9.97 Å². The maximum absolute atomic E-state index is 11.8. The largest absolute Gasteiger partial charge is 0.309 e. The van der Waals surface area contributed by atoms with Crippen LogP contribution in [0, 0.1) is 5.92 Å². The Balaban J connectivity index is 1.97. The second kappa shape index (κ2) is 5.60. The summed E-state index contributed by atoms with van der Waals surface area (Å²) in [6, 6.07) is 0. The second-order valence-corrected chi connectivity index (χ2v) is 7.31. The second-order valence-electron chi connectivity index (χ2n) is 4.35. The Kier molecular flexibility index (Phi) is 4.27. The standard InChI is InChI=1S/C10H11Cl2N3O3S/c11-8-9(12)13-5-14-10(8)15-7(16)3-6-1-2-19(17,18)4-6/h5-6H,1-4H2,(H,13,14,15,16). The summed E-state index contributed by atoms with van der Waals surface area (Å²) >= 11 is 11.5. The molecule has 19 heavy (non-hydrogen) atoms. The molecule has 1 atom stereocenters. The van der Waals surface area contributed by atoms with Crippen LogP contribution < -0.4 is 5.32 Å². The maximum Gasteiger partial charge on any atom is 0.225 e. The summed E-state index contributed by atoms with van der Waals surface area (Å²) in [7, 11) is -2.98. The van der Waals surface area contributed by atoms with E-state index >= 15 is 0 Å². The van der Waals surface area contributed by atoms with Crippen LogP contribution >= 0.6 is 23.2 Å². The van der Waals surface area contributed by atoms with Gasteiger partial charge in [0.15, 0.2) is 20.8 Å². The van der Waals surface area contributed by atoms with Gasteiger partial charge in [-0.25, -0.2) is 18.4 Å². The average molecular weight is 324 g/mol. The molecular weight excluding hydrogens is 313 g/mol. The summed E-state index contributed by atoms with van der Waals surface area (Å²) < 4.78 is 22.6. The number of amides is 1. The van der Waals surface area contributed by atoms with Gasteiger partial charge in [0.05, 0.1) is 11.5 Å². The lowest BCUT2D eigenvalue weighted by atomic mass is 10.1. The zero-order chi connectivity index (χ0) is 14.0. The van der Waals surface area contributed by atoms with Gasteiger partial charge in [0, 0.05) is 6.42 Å². The molecule has 9 heteroatoms. The Labute approximate surface area is 120 Å². The molecule has 0 spiro atoms. The number of rotatable bonds is 3. The third kappa shape index (κ3) is 3.77. The number of sulfone groups is 1. The number of carbonyl (C=O) groups is 1. The number of nitrogens with zero attached hydrogens (tertiary/aromatic N) is 2. The van der Waals surface area contributed by atoms with Gasteiger partial charge in [0.25, 0.3) is 0 Å². The van der Waals surface area contributed by atoms with Gasteiger partial charge in [-0.15, -0.1) is 0 Å². The van der Waals surface area contributed by atoms with E-state index in [0.29, 0.717) is 6.42 Å². The van der Waals surface area contributed by atoms with Gasteiger partial charge in [0.1, 0.15) is 11.3 Å². The first-order chi connectivity index (χ1) is 8.87. The Morgan fingerprint density at radius 3 is 2.79 bits per heavy atom. The lowest BCUT2D eigenvalue weighted by Crippen LogP contribution is -2.18. The van der Waals surface area contributed by atoms with Crippen LogP contribution in [0.5, 0.6) is 0 Å². The first-order valence-corrected chi connectivity index (χ1v) is 8.11. The number of halogens is 2. The highest BCUT2D eigenvalue weighted by Gasteiger charge is 2.29. The van der Waals surface area contributed by atoms with Crippen LogP contribution in [-0.4, -0.2) is 35.8 Å². The fraction of sp³-hybridized carbons (Fsp3) is 0.500. The van der Waals surface area contributed by atoms with Crippen LogP contribution in [0.4, 0.5) is 5.82 Å². The van der Waals surface area contributed by atoms with Crippen molar-refractivity contribution in [3.8, 4) is 0 Å². The van der Waals surface area contributed by atoms with Crippen LogP contribution in [0.3, 0.4) is 0 Å². The average Bonchev–Trinajstić information content (AvgIpc) is 2.64. The summed E-state index contributed by atoms with van der Waals surface area (Å²) in [5, 5.41) is 2.62. The fourth-order valence-electron chi connectivity index (χ4n) is 1.91. The molecule has 0 aliphatic carbocycles. The van der Waals surface area contributed by atoms with Crippen molar-refractivity contribution >= 4 is 44.8 Å². The molecule has 1 aromatic heterocycles. The molecule has 1 fully saturated rings. The van der Waals surface area contributed by atoms with Crippen molar-refractivity contribution < 1.29 is 13.2 Å². The molecule has 1 N–H and O–H groups in total. The van der Waals surface area contributed by atoms with E-state index in [1.165, 1.54) is 6.33 Å². The Bertz CT molecular complexity index is 606. The highest BCUT2D eigenvalue weighted by atomic mass is 35.5. The minimum absolute atomic E-state index is 0.0513. The van der Waals surface area contributed by atoms with E-state index < -0.39 is 9.84 Å². The predicted octanol–water partition coefficient (Wildman–Crippen LogP) is 1.55. The first kappa shape index (κ1) is 14.5. The molecule has 1 unspecified atom stereocenters. The third-order valence-electron chi connectivity index (χ3n) is 2.81. The smallest absolute Gasteiger partial charge is 0.225 e. The van der Waals surface area contributed by atoms with Crippen molar-refractivity contribution in [2.24, 2.45) is 5.92 Å². The van der Waals surface area contributed by atoms with E-state index in [1.807, 2.05) is 0 Å². The minimum Gasteiger partial charge on any atom is -0.309 e. The van der Waals surface area contributed by atoms with Gasteiger partial charge >= 0.3 is 0 Å². The van der Waals surface area contributed by atoms with E-state index in [1.54, 1.807) is 0 Å². The van der Waals surface area contributed by atoms with Crippen LogP contribution in [0.15, 0.2) is 6.33 Å². The normalized spacial score (nSPS) is 21.3. The van der Waals surface area contributed by atoms with E-state index in [0.717, 1.165) is 0 Å². The van der Waals surface area contributed by atoms with Gasteiger partial charge in [-0.05, 0) is 12.3 Å². The van der Waals surface area contributed by atoms with Crippen LogP contribution in [0.25, 0.3) is 0 Å². The summed E-state index contributed by atoms with van der Waals surface area (Å²) in [5.41, 5.74) is 0. The zero-order valence-corrected chi connectivity index (χ0v) is 12.1. The van der Waals surface area contributed by atoms with Crippen molar-refractivity contribution in [1.29, 1.82) is 0 Å². The summed E-state index contributed by atoms with van der Waals surface area (Å²) in [6.07, 6.45) is 1.81. The molecule has 1 saturated heterocycles. The molecule has 0 radical (unpaired) electrons. The molecular formula is C10H11Cl2N3O3S. The van der Waals surface area contributed by atoms with E-state index in [-0.39, 0.29) is 45.7 Å². The SMILES string of the molecule is O=C(CC1CCS(=O)(=O)C1)Nc1ncnc(Cl)c1Cl. The number of hydrogen-bond acceptors (Lipinski definition) is 5. The van der Waals surface area contributed by atoms with E-state index in [9.17, 15) is 13.2 Å². The Morgan fingerprint density at radius 1 is 1.42 bits per heavy atom. The maximum atomic E-state index is 11.8. The summed E-state index contributed by atoms with van der Waals surface area (Å²) in [5.74, 6) is -0.156. The molecule has 0 aromatic carbocycles. The minimum atomic E-state index is -2.98. The number of carbonyl (C=O) groups excluding carboxylic acids is 1. The van der Waals surface area contributed by atoms with Gasteiger partial charge in [0.2, 0.25) is 5.91 Å². The van der Waals surface area contributed by atoms with Crippen molar-refractivity contribution in [3.63, 3.8) is 0 Å². The monoisotopic (exact) mass is 323 g/mol. The zero-order valence-electron chi connectivity index (χ0n) is 9.77. The fourth-order valence-corrected chi connectivity index (χ4v) is 4.05. The third-order valence-corrected chi connectivity index (χ3v) is 5.38. The number of hydrogen-bond donors (Lipinski definition) is 1. The van der Waals surface area contributed by atoms with E-state index in [2.05, 4.69) is 15.3 Å². The van der Waals surface area contributed by atoms with Gasteiger partial charge in [-0.3, -0.25) is 4.79 Å². The van der Waals surface area contributed by atoms with Crippen molar-refractivity contribution in [2.45, 2.75) is 12.8 Å². The van der Waals surface area contributed by atoms with Gasteiger partial charge in [-0.1, -0.05) is 23.2 Å². The molecule has 6 nitrogen and oxygen atoms in total. The topological polar surface area (TPSA) is 89.0 Å². The predicted molar refractivity (Wildman–Crippen MR) is 72.1 cm³/mol. The molecule has 2 heterocycles. The van der Waals surface area contributed by atoms with Crippen molar-refractivity contribution in [2.75, 3.05) is 16.8 Å². The van der Waals surface area contributed by atoms with Gasteiger partial charge in [-0.2, -0.15) is 0 Å². The van der Waals surface area contributed by atoms with E-state index in [4.69, 9.17) is 23.2 Å². The number of nitrogens with one attached hydrogen (secondary N) is 1. The molecule has 1 aromatic rings. The van der Waals surface area contributed by atoms with Crippen LogP contribution in [0.2, 0.25) is 10.2 Å². The lowest BCUT2D eigenvalue weighted by Gasteiger charge is -2.09. The lowest BCUT2D eigenvalue weighted by molar-refractivity contribution is -0.116. The molecule has 1 amide bonds. The number of anilines is 1. The highest BCUT2D eigenvalue weighted by molar-refractivity contribution is 7.91. The molecule has 0 bridgehead atoms. The molecule has 0 saturated carbocycles. The van der Waals surface area contributed by atoms with Crippen molar-refractivity contribution in [3.05, 3.63) is 16.5 Å².